The van der Waals surface area contributed by atoms with Gasteiger partial charge in [-0.05, 0) is 56.3 Å². The van der Waals surface area contributed by atoms with Crippen LogP contribution in [0.15, 0.2) is 24.3 Å². The highest BCUT2D eigenvalue weighted by Crippen LogP contribution is 2.44. The summed E-state index contributed by atoms with van der Waals surface area (Å²) < 4.78 is 0. The highest BCUT2D eigenvalue weighted by atomic mass is 16.3. The number of ketones is 2. The molecule has 1 aromatic rings. The maximum absolute atomic E-state index is 12.5. The fraction of sp³-hybridized carbons (Fsp3) is 0.652. The lowest BCUT2D eigenvalue weighted by atomic mass is 9.66. The van der Waals surface area contributed by atoms with Gasteiger partial charge in [0, 0.05) is 11.1 Å². The zero-order chi connectivity index (χ0) is 18.1. The second-order valence-corrected chi connectivity index (χ2v) is 8.70. The molecule has 1 N–H and O–H groups in total. The van der Waals surface area contributed by atoms with Gasteiger partial charge < -0.3 is 5.11 Å². The number of fused-ring (bicyclic) bond motifs is 2. The van der Waals surface area contributed by atoms with Crippen LogP contribution in [0.4, 0.5) is 0 Å². The molecule has 4 unspecified atom stereocenters. The Morgan fingerprint density at radius 1 is 0.923 bits per heavy atom. The third-order valence-corrected chi connectivity index (χ3v) is 7.21. The molecule has 2 fully saturated rings. The van der Waals surface area contributed by atoms with Crippen LogP contribution in [0.3, 0.4) is 0 Å². The minimum absolute atomic E-state index is 0.0252. The van der Waals surface area contributed by atoms with E-state index in [2.05, 4.69) is 0 Å². The SMILES string of the molecule is O=C1c2ccccc2C(=O)C1CCCC(O)C1CCC2CCCCC2C1. The van der Waals surface area contributed by atoms with E-state index in [0.717, 1.165) is 31.1 Å². The first-order valence-corrected chi connectivity index (χ1v) is 10.5. The molecule has 0 aromatic heterocycles. The van der Waals surface area contributed by atoms with Crippen molar-refractivity contribution in [2.24, 2.45) is 23.7 Å². The van der Waals surface area contributed by atoms with Gasteiger partial charge >= 0.3 is 0 Å². The highest BCUT2D eigenvalue weighted by molar-refractivity contribution is 6.26. The molecule has 3 heteroatoms. The van der Waals surface area contributed by atoms with Crippen molar-refractivity contribution >= 4 is 11.6 Å². The number of hydrogen-bond acceptors (Lipinski definition) is 3. The average Bonchev–Trinajstić information content (AvgIpc) is 2.92. The van der Waals surface area contributed by atoms with Gasteiger partial charge in [-0.15, -0.1) is 0 Å². The molecule has 0 saturated heterocycles. The van der Waals surface area contributed by atoms with Gasteiger partial charge in [-0.1, -0.05) is 49.9 Å². The van der Waals surface area contributed by atoms with Gasteiger partial charge in [-0.25, -0.2) is 0 Å². The number of rotatable bonds is 5. The summed E-state index contributed by atoms with van der Waals surface area (Å²) in [6.45, 7) is 0. The van der Waals surface area contributed by atoms with Gasteiger partial charge in [0.2, 0.25) is 0 Å². The zero-order valence-electron chi connectivity index (χ0n) is 15.5. The predicted molar refractivity (Wildman–Crippen MR) is 101 cm³/mol. The topological polar surface area (TPSA) is 54.4 Å². The molecule has 140 valence electrons. The van der Waals surface area contributed by atoms with Crippen LogP contribution in [0.5, 0.6) is 0 Å². The Bertz CT molecular complexity index is 645. The molecule has 1 aromatic carbocycles. The lowest BCUT2D eigenvalue weighted by Crippen LogP contribution is -2.33. The Balaban J connectivity index is 1.27. The van der Waals surface area contributed by atoms with Gasteiger partial charge in [0.1, 0.15) is 0 Å². The first kappa shape index (κ1) is 17.9. The molecule has 3 aliphatic rings. The van der Waals surface area contributed by atoms with Crippen LogP contribution in [-0.4, -0.2) is 22.8 Å². The monoisotopic (exact) mass is 354 g/mol. The van der Waals surface area contributed by atoms with E-state index >= 15 is 0 Å². The molecular formula is C23H30O3. The van der Waals surface area contributed by atoms with Crippen molar-refractivity contribution in [3.63, 3.8) is 0 Å². The van der Waals surface area contributed by atoms with Crippen molar-refractivity contribution in [3.8, 4) is 0 Å². The average molecular weight is 354 g/mol. The minimum Gasteiger partial charge on any atom is -0.393 e. The number of carbonyl (C=O) groups is 2. The van der Waals surface area contributed by atoms with Crippen molar-refractivity contribution in [1.29, 1.82) is 0 Å². The van der Waals surface area contributed by atoms with Crippen LogP contribution in [0.2, 0.25) is 0 Å². The number of Topliss-reactive ketones (excluding diaryl/α,β-unsaturated/α-hetero) is 2. The summed E-state index contributed by atoms with van der Waals surface area (Å²) in [5, 5.41) is 10.7. The van der Waals surface area contributed by atoms with E-state index in [9.17, 15) is 14.7 Å². The van der Waals surface area contributed by atoms with Crippen molar-refractivity contribution < 1.29 is 14.7 Å². The van der Waals surface area contributed by atoms with E-state index in [1.165, 1.54) is 38.5 Å². The van der Waals surface area contributed by atoms with Gasteiger partial charge in [0.15, 0.2) is 11.6 Å². The molecule has 0 bridgehead atoms. The quantitative estimate of drug-likeness (QED) is 0.771. The van der Waals surface area contributed by atoms with E-state index in [4.69, 9.17) is 0 Å². The lowest BCUT2D eigenvalue weighted by Gasteiger charge is -2.40. The van der Waals surface area contributed by atoms with Gasteiger partial charge in [0.25, 0.3) is 0 Å². The van der Waals surface area contributed by atoms with Crippen molar-refractivity contribution in [1.82, 2.24) is 0 Å². The third kappa shape index (κ3) is 3.38. The lowest BCUT2D eigenvalue weighted by molar-refractivity contribution is 0.0292. The largest absolute Gasteiger partial charge is 0.393 e. The van der Waals surface area contributed by atoms with Crippen LogP contribution in [-0.2, 0) is 0 Å². The van der Waals surface area contributed by atoms with E-state index in [1.807, 2.05) is 12.1 Å². The number of aliphatic hydroxyl groups is 1. The summed E-state index contributed by atoms with van der Waals surface area (Å²) in [5.74, 6) is 1.57. The smallest absolute Gasteiger partial charge is 0.174 e. The number of carbonyl (C=O) groups excluding carboxylic acids is 2. The first-order chi connectivity index (χ1) is 12.6. The summed E-state index contributed by atoms with van der Waals surface area (Å²) >= 11 is 0. The van der Waals surface area contributed by atoms with E-state index in [1.54, 1.807) is 12.1 Å². The molecule has 0 amide bonds. The molecule has 0 aliphatic heterocycles. The minimum atomic E-state index is -0.520. The van der Waals surface area contributed by atoms with Crippen LogP contribution in [0.25, 0.3) is 0 Å². The number of benzene rings is 1. The summed E-state index contributed by atoms with van der Waals surface area (Å²) in [4.78, 5) is 24.9. The fourth-order valence-corrected chi connectivity index (χ4v) is 5.70. The fourth-order valence-electron chi connectivity index (χ4n) is 5.70. The van der Waals surface area contributed by atoms with Gasteiger partial charge in [-0.2, -0.15) is 0 Å². The number of hydrogen-bond donors (Lipinski definition) is 1. The Hall–Kier alpha value is -1.48. The molecule has 0 spiro atoms. The molecule has 26 heavy (non-hydrogen) atoms. The van der Waals surface area contributed by atoms with E-state index < -0.39 is 5.92 Å². The number of aliphatic hydroxyl groups excluding tert-OH is 1. The Kier molecular flexibility index (Phi) is 5.26. The van der Waals surface area contributed by atoms with E-state index in [-0.39, 0.29) is 17.7 Å². The van der Waals surface area contributed by atoms with Crippen molar-refractivity contribution in [2.75, 3.05) is 0 Å². The van der Waals surface area contributed by atoms with Crippen LogP contribution >= 0.6 is 0 Å². The highest BCUT2D eigenvalue weighted by Gasteiger charge is 2.38. The maximum Gasteiger partial charge on any atom is 0.174 e. The predicted octanol–water partition coefficient (Wildman–Crippen LogP) is 4.82. The maximum atomic E-state index is 12.5. The summed E-state index contributed by atoms with van der Waals surface area (Å²) in [6, 6.07) is 7.15. The molecule has 3 nitrogen and oxygen atoms in total. The van der Waals surface area contributed by atoms with Crippen molar-refractivity contribution in [3.05, 3.63) is 35.4 Å². The first-order valence-electron chi connectivity index (χ1n) is 10.5. The third-order valence-electron chi connectivity index (χ3n) is 7.21. The summed E-state index contributed by atoms with van der Waals surface area (Å²) in [7, 11) is 0. The zero-order valence-corrected chi connectivity index (χ0v) is 15.5. The molecule has 4 rings (SSSR count). The molecule has 4 atom stereocenters. The summed E-state index contributed by atoms with van der Waals surface area (Å²) in [6.07, 6.45) is 10.9. The second kappa shape index (κ2) is 7.64. The van der Waals surface area contributed by atoms with Gasteiger partial charge in [-0.3, -0.25) is 9.59 Å². The van der Waals surface area contributed by atoms with E-state index in [0.29, 0.717) is 23.5 Å². The Morgan fingerprint density at radius 3 is 2.27 bits per heavy atom. The molecule has 3 aliphatic carbocycles. The summed E-state index contributed by atoms with van der Waals surface area (Å²) in [5.41, 5.74) is 1.16. The van der Waals surface area contributed by atoms with Crippen molar-refractivity contribution in [2.45, 2.75) is 70.3 Å². The molecule has 2 saturated carbocycles. The van der Waals surface area contributed by atoms with Crippen LogP contribution in [0, 0.1) is 23.7 Å². The molecule has 0 heterocycles. The Morgan fingerprint density at radius 2 is 1.58 bits per heavy atom. The van der Waals surface area contributed by atoms with Crippen LogP contribution in [0.1, 0.15) is 84.9 Å². The molecule has 0 radical (unpaired) electrons. The van der Waals surface area contributed by atoms with Gasteiger partial charge in [0.05, 0.1) is 12.0 Å². The molecular weight excluding hydrogens is 324 g/mol. The van der Waals surface area contributed by atoms with Crippen LogP contribution < -0.4 is 0 Å². The Labute approximate surface area is 156 Å². The second-order valence-electron chi connectivity index (χ2n) is 8.70. The normalized spacial score (nSPS) is 30.1. The standard InChI is InChI=1S/C23H30O3/c24-21(17-13-12-15-6-1-2-7-16(15)14-17)11-5-10-20-22(25)18-8-3-4-9-19(18)23(20)26/h3-4,8-9,15-17,20-21,24H,1-2,5-7,10-14H2.